The molecule has 11 heavy (non-hydrogen) atoms. The third kappa shape index (κ3) is 1.32. The Labute approximate surface area is 61.3 Å². The summed E-state index contributed by atoms with van der Waals surface area (Å²) < 4.78 is 40.5. The van der Waals surface area contributed by atoms with Gasteiger partial charge in [0.25, 0.3) is 0 Å². The largest absolute Gasteiger partial charge is 0.465 e. The molecule has 1 aliphatic rings. The molecule has 0 N–H and O–H groups in total. The summed E-state index contributed by atoms with van der Waals surface area (Å²) in [5.41, 5.74) is -1.97. The van der Waals surface area contributed by atoms with Crippen LogP contribution < -0.4 is 0 Å². The molecule has 0 amide bonds. The van der Waals surface area contributed by atoms with Gasteiger partial charge < -0.3 is 4.74 Å². The number of carbonyl (C=O) groups excluding carboxylic acids is 1. The first kappa shape index (κ1) is 8.36. The van der Waals surface area contributed by atoms with Crippen molar-refractivity contribution in [3.63, 3.8) is 0 Å². The highest BCUT2D eigenvalue weighted by molar-refractivity contribution is 5.72. The van der Waals surface area contributed by atoms with Crippen LogP contribution in [0.5, 0.6) is 0 Å². The van der Waals surface area contributed by atoms with E-state index in [1.54, 1.807) is 0 Å². The van der Waals surface area contributed by atoms with Gasteiger partial charge in [-0.2, -0.15) is 13.2 Å². The molecule has 1 saturated heterocycles. The lowest BCUT2D eigenvalue weighted by atomic mass is 9.89. The molecule has 0 radical (unpaired) electrons. The fraction of sp³-hybridized carbons (Fsp3) is 0.833. The van der Waals surface area contributed by atoms with E-state index in [1.165, 1.54) is 0 Å². The molecule has 64 valence electrons. The summed E-state index contributed by atoms with van der Waals surface area (Å²) in [6, 6.07) is 0. The van der Waals surface area contributed by atoms with Crippen LogP contribution >= 0.6 is 0 Å². The van der Waals surface area contributed by atoms with Gasteiger partial charge in [-0.05, 0) is 6.92 Å². The van der Waals surface area contributed by atoms with E-state index in [2.05, 4.69) is 4.74 Å². The number of halogens is 3. The van der Waals surface area contributed by atoms with Crippen molar-refractivity contribution < 1.29 is 22.7 Å². The third-order valence-corrected chi connectivity index (χ3v) is 1.77. The molecule has 1 fully saturated rings. The monoisotopic (exact) mass is 168 g/mol. The summed E-state index contributed by atoms with van der Waals surface area (Å²) in [7, 11) is 0. The number of cyclic esters (lactones) is 1. The average Bonchev–Trinajstić information content (AvgIpc) is 2.10. The summed E-state index contributed by atoms with van der Waals surface area (Å²) >= 11 is 0. The Morgan fingerprint density at radius 1 is 1.55 bits per heavy atom. The van der Waals surface area contributed by atoms with Crippen LogP contribution in [0, 0.1) is 5.41 Å². The summed E-state index contributed by atoms with van der Waals surface area (Å²) in [5.74, 6) is -0.773. The summed E-state index contributed by atoms with van der Waals surface area (Å²) in [4.78, 5) is 10.4. The van der Waals surface area contributed by atoms with Crippen LogP contribution in [-0.4, -0.2) is 18.8 Å². The van der Waals surface area contributed by atoms with Gasteiger partial charge in [0, 0.05) is 0 Å². The molecular formula is C6H7F3O2. The Hall–Kier alpha value is -0.740. The standard InChI is InChI=1S/C6H7F3O2/c1-5(6(7,8)9)2-4(10)11-3-5/h2-3H2,1H3/t5-/m1/s1. The van der Waals surface area contributed by atoms with Crippen molar-refractivity contribution in [2.75, 3.05) is 6.61 Å². The second-order valence-corrected chi connectivity index (χ2v) is 2.90. The van der Waals surface area contributed by atoms with E-state index < -0.39 is 30.6 Å². The van der Waals surface area contributed by atoms with E-state index in [0.717, 1.165) is 6.92 Å². The summed E-state index contributed by atoms with van der Waals surface area (Å²) in [6.07, 6.45) is -4.91. The molecular weight excluding hydrogens is 161 g/mol. The minimum absolute atomic E-state index is 0.546. The second kappa shape index (κ2) is 2.12. The number of esters is 1. The first-order valence-electron chi connectivity index (χ1n) is 3.07. The van der Waals surface area contributed by atoms with Gasteiger partial charge in [-0.25, -0.2) is 0 Å². The number of alkyl halides is 3. The molecule has 5 heteroatoms. The van der Waals surface area contributed by atoms with Crippen LogP contribution in [0.3, 0.4) is 0 Å². The predicted octanol–water partition coefficient (Wildman–Crippen LogP) is 1.50. The van der Waals surface area contributed by atoms with Crippen molar-refractivity contribution in [1.29, 1.82) is 0 Å². The molecule has 0 aromatic rings. The van der Waals surface area contributed by atoms with Gasteiger partial charge in [-0.1, -0.05) is 0 Å². The Balaban J connectivity index is 2.77. The molecule has 1 aliphatic heterocycles. The molecule has 0 spiro atoms. The normalized spacial score (nSPS) is 32.2. The lowest BCUT2D eigenvalue weighted by Gasteiger charge is -2.22. The Kier molecular flexibility index (Phi) is 1.61. The first-order valence-corrected chi connectivity index (χ1v) is 3.07. The maximum Gasteiger partial charge on any atom is 0.398 e. The van der Waals surface area contributed by atoms with Gasteiger partial charge in [0.2, 0.25) is 0 Å². The minimum Gasteiger partial charge on any atom is -0.465 e. The molecule has 1 rings (SSSR count). The number of carbonyl (C=O) groups is 1. The fourth-order valence-corrected chi connectivity index (χ4v) is 0.842. The predicted molar refractivity (Wildman–Crippen MR) is 29.7 cm³/mol. The smallest absolute Gasteiger partial charge is 0.398 e. The molecule has 1 atom stereocenters. The van der Waals surface area contributed by atoms with Crippen molar-refractivity contribution in [3.8, 4) is 0 Å². The van der Waals surface area contributed by atoms with Crippen LogP contribution in [0.4, 0.5) is 13.2 Å². The number of hydrogen-bond donors (Lipinski definition) is 0. The Morgan fingerprint density at radius 3 is 2.27 bits per heavy atom. The van der Waals surface area contributed by atoms with Gasteiger partial charge in [0.1, 0.15) is 12.0 Å². The number of ether oxygens (including phenoxy) is 1. The van der Waals surface area contributed by atoms with Gasteiger partial charge in [-0.3, -0.25) is 4.79 Å². The van der Waals surface area contributed by atoms with E-state index in [1.807, 2.05) is 0 Å². The topological polar surface area (TPSA) is 26.3 Å². The van der Waals surface area contributed by atoms with Crippen molar-refractivity contribution in [1.82, 2.24) is 0 Å². The maximum absolute atomic E-state index is 12.1. The van der Waals surface area contributed by atoms with Crippen LogP contribution in [0.1, 0.15) is 13.3 Å². The molecule has 2 nitrogen and oxygen atoms in total. The SMILES string of the molecule is C[C@]1(C(F)(F)F)COC(=O)C1. The highest BCUT2D eigenvalue weighted by atomic mass is 19.4. The molecule has 1 heterocycles. The zero-order chi connectivity index (χ0) is 8.70. The third-order valence-electron chi connectivity index (χ3n) is 1.77. The molecule has 0 aromatic carbocycles. The van der Waals surface area contributed by atoms with Gasteiger partial charge >= 0.3 is 12.1 Å². The van der Waals surface area contributed by atoms with Crippen molar-refractivity contribution >= 4 is 5.97 Å². The van der Waals surface area contributed by atoms with Gasteiger partial charge in [-0.15, -0.1) is 0 Å². The van der Waals surface area contributed by atoms with Crippen LogP contribution in [0.2, 0.25) is 0 Å². The first-order chi connectivity index (χ1) is 4.85. The lowest BCUT2D eigenvalue weighted by molar-refractivity contribution is -0.216. The Bertz CT molecular complexity index is 187. The van der Waals surface area contributed by atoms with E-state index in [-0.39, 0.29) is 0 Å². The summed E-state index contributed by atoms with van der Waals surface area (Å²) in [5, 5.41) is 0. The minimum atomic E-state index is -4.35. The maximum atomic E-state index is 12.1. The fourth-order valence-electron chi connectivity index (χ4n) is 0.842. The molecule has 0 unspecified atom stereocenters. The highest BCUT2D eigenvalue weighted by Gasteiger charge is 2.56. The van der Waals surface area contributed by atoms with Crippen molar-refractivity contribution in [2.45, 2.75) is 19.5 Å². The van der Waals surface area contributed by atoms with E-state index in [4.69, 9.17) is 0 Å². The van der Waals surface area contributed by atoms with Crippen LogP contribution in [-0.2, 0) is 9.53 Å². The quantitative estimate of drug-likeness (QED) is 0.512. The number of hydrogen-bond acceptors (Lipinski definition) is 2. The van der Waals surface area contributed by atoms with Crippen molar-refractivity contribution in [2.24, 2.45) is 5.41 Å². The van der Waals surface area contributed by atoms with Gasteiger partial charge in [0.05, 0.1) is 6.42 Å². The summed E-state index contributed by atoms with van der Waals surface area (Å²) in [6.45, 7) is 0.438. The van der Waals surface area contributed by atoms with E-state index >= 15 is 0 Å². The molecule has 0 bridgehead atoms. The zero-order valence-electron chi connectivity index (χ0n) is 5.86. The highest BCUT2D eigenvalue weighted by Crippen LogP contribution is 2.44. The van der Waals surface area contributed by atoms with E-state index in [9.17, 15) is 18.0 Å². The number of rotatable bonds is 0. The van der Waals surface area contributed by atoms with Gasteiger partial charge in [0.15, 0.2) is 0 Å². The molecule has 0 aromatic heterocycles. The Morgan fingerprint density at radius 2 is 2.09 bits per heavy atom. The molecule has 0 aliphatic carbocycles. The molecule has 0 saturated carbocycles. The zero-order valence-corrected chi connectivity index (χ0v) is 5.86. The van der Waals surface area contributed by atoms with Crippen LogP contribution in [0.15, 0.2) is 0 Å². The van der Waals surface area contributed by atoms with Crippen molar-refractivity contribution in [3.05, 3.63) is 0 Å². The average molecular weight is 168 g/mol. The van der Waals surface area contributed by atoms with E-state index in [0.29, 0.717) is 0 Å². The second-order valence-electron chi connectivity index (χ2n) is 2.90. The van der Waals surface area contributed by atoms with Crippen LogP contribution in [0.25, 0.3) is 0 Å². The lowest BCUT2D eigenvalue weighted by Crippen LogP contribution is -2.35.